The van der Waals surface area contributed by atoms with E-state index in [9.17, 15) is 4.79 Å². The lowest BCUT2D eigenvalue weighted by molar-refractivity contribution is 0.248. The molecule has 0 amide bonds. The third-order valence-electron chi connectivity index (χ3n) is 6.82. The van der Waals surface area contributed by atoms with Crippen LogP contribution in [0, 0.1) is 0 Å². The van der Waals surface area contributed by atoms with E-state index in [1.807, 2.05) is 18.2 Å². The van der Waals surface area contributed by atoms with Gasteiger partial charge in [0.05, 0.1) is 5.52 Å². The molecule has 36 heavy (non-hydrogen) atoms. The summed E-state index contributed by atoms with van der Waals surface area (Å²) in [5.74, 6) is 1.04. The number of aromatic nitrogens is 4. The first-order valence-electron chi connectivity index (χ1n) is 12.2. The minimum absolute atomic E-state index is 0. The molecule has 6 rings (SSSR count). The predicted octanol–water partition coefficient (Wildman–Crippen LogP) is 4.35. The van der Waals surface area contributed by atoms with Crippen molar-refractivity contribution in [3.63, 3.8) is 0 Å². The van der Waals surface area contributed by atoms with Crippen molar-refractivity contribution in [2.24, 2.45) is 0 Å². The highest BCUT2D eigenvalue weighted by molar-refractivity contribution is 5.96. The molecule has 7 nitrogen and oxygen atoms in total. The Labute approximate surface area is 216 Å². The van der Waals surface area contributed by atoms with E-state index in [0.717, 1.165) is 50.5 Å². The van der Waals surface area contributed by atoms with Crippen molar-refractivity contribution in [3.8, 4) is 11.1 Å². The van der Waals surface area contributed by atoms with Gasteiger partial charge in [-0.2, -0.15) is 0 Å². The van der Waals surface area contributed by atoms with Gasteiger partial charge in [-0.3, -0.25) is 9.30 Å². The Morgan fingerprint density at radius 3 is 2.36 bits per heavy atom. The second kappa shape index (κ2) is 10.5. The van der Waals surface area contributed by atoms with Gasteiger partial charge in [0.15, 0.2) is 5.65 Å². The van der Waals surface area contributed by atoms with Gasteiger partial charge in [-0.1, -0.05) is 54.6 Å². The minimum atomic E-state index is -0.0676. The Morgan fingerprint density at radius 2 is 1.56 bits per heavy atom. The molecule has 0 saturated carbocycles. The van der Waals surface area contributed by atoms with E-state index < -0.39 is 0 Å². The third-order valence-corrected chi connectivity index (χ3v) is 6.82. The topological polar surface area (TPSA) is 58.7 Å². The highest BCUT2D eigenvalue weighted by atomic mass is 35.5. The van der Waals surface area contributed by atoms with Crippen molar-refractivity contribution in [3.05, 3.63) is 95.5 Å². The molecule has 0 atom stereocenters. The van der Waals surface area contributed by atoms with E-state index >= 15 is 0 Å². The fourth-order valence-corrected chi connectivity index (χ4v) is 4.94. The number of piperazine rings is 1. The molecule has 1 aliphatic heterocycles. The van der Waals surface area contributed by atoms with Crippen LogP contribution in [0.3, 0.4) is 0 Å². The van der Waals surface area contributed by atoms with Crippen LogP contribution in [-0.4, -0.2) is 56.8 Å². The highest BCUT2D eigenvalue weighted by Crippen LogP contribution is 2.31. The zero-order valence-electron chi connectivity index (χ0n) is 20.0. The number of para-hydroxylation sites is 1. The molecule has 1 aliphatic rings. The number of pyridine rings is 2. The van der Waals surface area contributed by atoms with Crippen LogP contribution in [0.15, 0.2) is 89.9 Å². The number of hydrogen-bond acceptors (Lipinski definition) is 5. The number of benzene rings is 2. The van der Waals surface area contributed by atoms with Crippen LogP contribution in [0.5, 0.6) is 0 Å². The van der Waals surface area contributed by atoms with Crippen LogP contribution in [0.25, 0.3) is 27.7 Å². The quantitative estimate of drug-likeness (QED) is 0.347. The molecule has 2 aromatic carbocycles. The molecule has 184 valence electrons. The first-order valence-corrected chi connectivity index (χ1v) is 12.2. The van der Waals surface area contributed by atoms with Crippen LogP contribution in [0.2, 0.25) is 0 Å². The Kier molecular flexibility index (Phi) is 7.02. The van der Waals surface area contributed by atoms with Gasteiger partial charge in [0.1, 0.15) is 5.82 Å². The molecule has 0 aliphatic carbocycles. The Morgan fingerprint density at radius 1 is 0.806 bits per heavy atom. The minimum Gasteiger partial charge on any atom is -0.354 e. The smallest absolute Gasteiger partial charge is 0.350 e. The molecular weight excluding hydrogens is 472 g/mol. The van der Waals surface area contributed by atoms with Crippen molar-refractivity contribution in [2.75, 3.05) is 37.6 Å². The Bertz CT molecular complexity index is 1520. The van der Waals surface area contributed by atoms with Crippen LogP contribution < -0.4 is 10.6 Å². The fourth-order valence-electron chi connectivity index (χ4n) is 4.94. The Balaban J connectivity index is 0.00000267. The van der Waals surface area contributed by atoms with E-state index in [0.29, 0.717) is 12.2 Å². The molecule has 4 heterocycles. The van der Waals surface area contributed by atoms with E-state index in [1.54, 1.807) is 15.3 Å². The van der Waals surface area contributed by atoms with Crippen molar-refractivity contribution in [1.29, 1.82) is 0 Å². The summed E-state index contributed by atoms with van der Waals surface area (Å²) >= 11 is 0. The van der Waals surface area contributed by atoms with Gasteiger partial charge in [-0.25, -0.2) is 14.5 Å². The maximum absolute atomic E-state index is 12.5. The van der Waals surface area contributed by atoms with Crippen molar-refractivity contribution >= 4 is 34.8 Å². The summed E-state index contributed by atoms with van der Waals surface area (Å²) in [5.41, 5.74) is 4.11. The summed E-state index contributed by atoms with van der Waals surface area (Å²) in [6.07, 6.45) is 2.67. The van der Waals surface area contributed by atoms with Crippen LogP contribution in [-0.2, 0) is 6.54 Å². The average Bonchev–Trinajstić information content (AvgIpc) is 3.24. The van der Waals surface area contributed by atoms with Crippen molar-refractivity contribution in [1.82, 2.24) is 24.1 Å². The zero-order chi connectivity index (χ0) is 23.6. The molecule has 0 bridgehead atoms. The van der Waals surface area contributed by atoms with Crippen molar-refractivity contribution in [2.45, 2.75) is 13.0 Å². The maximum atomic E-state index is 12.5. The average molecular weight is 501 g/mol. The molecule has 0 unspecified atom stereocenters. The lowest BCUT2D eigenvalue weighted by Crippen LogP contribution is -2.47. The summed E-state index contributed by atoms with van der Waals surface area (Å²) < 4.78 is 3.18. The Hall–Kier alpha value is -3.68. The third kappa shape index (κ3) is 4.72. The maximum Gasteiger partial charge on any atom is 0.350 e. The first kappa shape index (κ1) is 24.0. The highest BCUT2D eigenvalue weighted by Gasteiger charge is 2.19. The molecule has 0 radical (unpaired) electrons. The summed E-state index contributed by atoms with van der Waals surface area (Å²) in [7, 11) is 0. The van der Waals surface area contributed by atoms with E-state index in [-0.39, 0.29) is 18.1 Å². The largest absolute Gasteiger partial charge is 0.354 e. The molecule has 3 aromatic heterocycles. The molecule has 0 N–H and O–H groups in total. The number of aryl methyl sites for hydroxylation is 1. The van der Waals surface area contributed by atoms with Gasteiger partial charge in [0.25, 0.3) is 0 Å². The number of anilines is 1. The van der Waals surface area contributed by atoms with Crippen LogP contribution in [0.1, 0.15) is 6.42 Å². The summed E-state index contributed by atoms with van der Waals surface area (Å²) in [6.45, 7) is 5.42. The monoisotopic (exact) mass is 500 g/mol. The van der Waals surface area contributed by atoms with E-state index in [2.05, 4.69) is 75.6 Å². The molecule has 1 fully saturated rings. The summed E-state index contributed by atoms with van der Waals surface area (Å²) in [4.78, 5) is 22.3. The van der Waals surface area contributed by atoms with E-state index in [4.69, 9.17) is 4.98 Å². The molecule has 8 heteroatoms. The van der Waals surface area contributed by atoms with Crippen LogP contribution in [0.4, 0.5) is 5.82 Å². The molecular formula is C28H29ClN6O. The number of halogens is 1. The van der Waals surface area contributed by atoms with Crippen LogP contribution >= 0.6 is 12.4 Å². The number of rotatable bonds is 6. The standard InChI is InChI=1S/C28H28N6O.ClH/c35-28-33-15-7-6-13-26(33)30-34(28)16-8-14-31-17-19-32(20-18-31)27-21-24(22-9-2-1-3-10-22)23-11-4-5-12-25(23)29-27;/h1-7,9-13,15,21H,8,14,16-20H2;1H. The second-order valence-electron chi connectivity index (χ2n) is 9.03. The van der Waals surface area contributed by atoms with Gasteiger partial charge >= 0.3 is 5.69 Å². The molecule has 5 aromatic rings. The van der Waals surface area contributed by atoms with Gasteiger partial charge in [0, 0.05) is 50.9 Å². The lowest BCUT2D eigenvalue weighted by Gasteiger charge is -2.35. The van der Waals surface area contributed by atoms with Gasteiger partial charge in [0.2, 0.25) is 0 Å². The van der Waals surface area contributed by atoms with Gasteiger partial charge in [-0.05, 0) is 41.8 Å². The van der Waals surface area contributed by atoms with Gasteiger partial charge in [-0.15, -0.1) is 17.5 Å². The zero-order valence-corrected chi connectivity index (χ0v) is 20.8. The number of fused-ring (bicyclic) bond motifs is 2. The lowest BCUT2D eigenvalue weighted by atomic mass is 10.0. The summed E-state index contributed by atoms with van der Waals surface area (Å²) in [5, 5.41) is 5.62. The fraction of sp³-hybridized carbons (Fsp3) is 0.250. The number of nitrogens with zero attached hydrogens (tertiary/aromatic N) is 6. The normalized spacial score (nSPS) is 14.3. The first-order chi connectivity index (χ1) is 17.3. The second-order valence-corrected chi connectivity index (χ2v) is 9.03. The molecule has 0 spiro atoms. The summed E-state index contributed by atoms with van der Waals surface area (Å²) in [6, 6.07) is 26.8. The van der Waals surface area contributed by atoms with Crippen molar-refractivity contribution < 1.29 is 0 Å². The SMILES string of the molecule is Cl.O=c1n(CCCN2CCN(c3cc(-c4ccccc4)c4ccccc4n3)CC2)nc2ccccn12. The van der Waals surface area contributed by atoms with E-state index in [1.165, 1.54) is 16.5 Å². The predicted molar refractivity (Wildman–Crippen MR) is 147 cm³/mol. The number of hydrogen-bond donors (Lipinski definition) is 0. The van der Waals surface area contributed by atoms with Gasteiger partial charge < -0.3 is 4.90 Å². The molecule has 1 saturated heterocycles.